The van der Waals surface area contributed by atoms with Gasteiger partial charge in [0.1, 0.15) is 0 Å². The highest BCUT2D eigenvalue weighted by Crippen LogP contribution is 2.39. The molecule has 1 aromatic heterocycles. The molecule has 3 aliphatic rings. The number of fused-ring (bicyclic) bond motifs is 1. The standard InChI is InChI=1S/C23H27F3N4O2/c24-23(25,26)19-5-2-1-4-17(19)15-7-10-29(11-8-15)22(31)21-18-12-30(16-13-32-14-16)9-3-6-20(18)27-28-21/h1-2,4-5,15-16H,3,6-14H2,(H,27,28). The number of benzene rings is 1. The summed E-state index contributed by atoms with van der Waals surface area (Å²) in [5.74, 6) is -0.334. The first kappa shape index (κ1) is 21.5. The Labute approximate surface area is 184 Å². The van der Waals surface area contributed by atoms with E-state index in [1.54, 1.807) is 17.0 Å². The van der Waals surface area contributed by atoms with Crippen molar-refractivity contribution in [3.05, 3.63) is 52.3 Å². The predicted octanol–water partition coefficient (Wildman–Crippen LogP) is 3.60. The van der Waals surface area contributed by atoms with Crippen LogP contribution in [0.3, 0.4) is 0 Å². The van der Waals surface area contributed by atoms with Gasteiger partial charge in [-0.1, -0.05) is 18.2 Å². The van der Waals surface area contributed by atoms with Crippen molar-refractivity contribution in [2.75, 3.05) is 32.8 Å². The Morgan fingerprint density at radius 1 is 1.12 bits per heavy atom. The second-order valence-corrected chi connectivity index (χ2v) is 8.95. The van der Waals surface area contributed by atoms with Gasteiger partial charge in [-0.15, -0.1) is 0 Å². The maximum atomic E-state index is 13.4. The average Bonchev–Trinajstić information content (AvgIpc) is 3.02. The van der Waals surface area contributed by atoms with Crippen molar-refractivity contribution in [2.24, 2.45) is 0 Å². The van der Waals surface area contributed by atoms with Crippen LogP contribution in [0.5, 0.6) is 0 Å². The summed E-state index contributed by atoms with van der Waals surface area (Å²) < 4.78 is 45.6. The summed E-state index contributed by atoms with van der Waals surface area (Å²) in [7, 11) is 0. The molecule has 0 aliphatic carbocycles. The number of amides is 1. The summed E-state index contributed by atoms with van der Waals surface area (Å²) in [4.78, 5) is 17.4. The van der Waals surface area contributed by atoms with Gasteiger partial charge in [0.25, 0.3) is 5.91 Å². The largest absolute Gasteiger partial charge is 0.416 e. The molecule has 0 unspecified atom stereocenters. The second kappa shape index (κ2) is 8.51. The topological polar surface area (TPSA) is 61.5 Å². The van der Waals surface area contributed by atoms with Crippen molar-refractivity contribution in [3.8, 4) is 0 Å². The van der Waals surface area contributed by atoms with E-state index in [1.807, 2.05) is 0 Å². The van der Waals surface area contributed by atoms with Crippen LogP contribution in [-0.2, 0) is 23.9 Å². The molecule has 5 rings (SSSR count). The number of rotatable bonds is 3. The van der Waals surface area contributed by atoms with Gasteiger partial charge in [0.15, 0.2) is 5.69 Å². The Bertz CT molecular complexity index is 978. The normalized spacial score (nSPS) is 21.2. The van der Waals surface area contributed by atoms with E-state index in [-0.39, 0.29) is 11.8 Å². The van der Waals surface area contributed by atoms with Gasteiger partial charge in [-0.2, -0.15) is 18.3 Å². The number of aromatic nitrogens is 2. The van der Waals surface area contributed by atoms with Gasteiger partial charge in [-0.3, -0.25) is 14.8 Å². The lowest BCUT2D eigenvalue weighted by Gasteiger charge is -2.36. The number of carbonyl (C=O) groups is 1. The fraction of sp³-hybridized carbons (Fsp3) is 0.565. The maximum Gasteiger partial charge on any atom is 0.416 e. The van der Waals surface area contributed by atoms with Crippen LogP contribution in [0.1, 0.15) is 58.1 Å². The number of hydrogen-bond donors (Lipinski definition) is 1. The molecular weight excluding hydrogens is 421 g/mol. The van der Waals surface area contributed by atoms with Crippen molar-refractivity contribution in [3.63, 3.8) is 0 Å². The zero-order chi connectivity index (χ0) is 22.3. The van der Waals surface area contributed by atoms with Crippen molar-refractivity contribution in [1.82, 2.24) is 20.0 Å². The summed E-state index contributed by atoms with van der Waals surface area (Å²) in [5, 5.41) is 7.41. The van der Waals surface area contributed by atoms with Crippen molar-refractivity contribution in [1.29, 1.82) is 0 Å². The monoisotopic (exact) mass is 448 g/mol. The van der Waals surface area contributed by atoms with Gasteiger partial charge in [0.2, 0.25) is 0 Å². The number of halogens is 3. The molecule has 32 heavy (non-hydrogen) atoms. The van der Waals surface area contributed by atoms with E-state index in [2.05, 4.69) is 15.1 Å². The first-order valence-electron chi connectivity index (χ1n) is 11.2. The molecule has 0 atom stereocenters. The summed E-state index contributed by atoms with van der Waals surface area (Å²) in [6.45, 7) is 3.95. The number of hydrogen-bond acceptors (Lipinski definition) is 4. The van der Waals surface area contributed by atoms with Crippen LogP contribution in [0.15, 0.2) is 24.3 Å². The number of ether oxygens (including phenoxy) is 1. The van der Waals surface area contributed by atoms with E-state index in [9.17, 15) is 18.0 Å². The van der Waals surface area contributed by atoms with E-state index in [0.29, 0.717) is 49.8 Å². The number of piperidine rings is 1. The number of H-pyrrole nitrogens is 1. The van der Waals surface area contributed by atoms with Crippen LogP contribution in [0.25, 0.3) is 0 Å². The van der Waals surface area contributed by atoms with E-state index in [1.165, 1.54) is 6.07 Å². The summed E-state index contributed by atoms with van der Waals surface area (Å²) in [6.07, 6.45) is -1.49. The average molecular weight is 448 g/mol. The van der Waals surface area contributed by atoms with E-state index >= 15 is 0 Å². The molecule has 3 aliphatic heterocycles. The Balaban J connectivity index is 1.29. The lowest BCUT2D eigenvalue weighted by molar-refractivity contribution is -0.138. The van der Waals surface area contributed by atoms with E-state index in [4.69, 9.17) is 4.74 Å². The molecule has 2 aromatic rings. The molecule has 2 fully saturated rings. The third-order valence-corrected chi connectivity index (χ3v) is 7.01. The number of nitrogens with one attached hydrogen (secondary N) is 1. The van der Waals surface area contributed by atoms with Gasteiger partial charge in [0.05, 0.1) is 24.8 Å². The molecule has 9 heteroatoms. The molecule has 1 amide bonds. The number of alkyl halides is 3. The zero-order valence-corrected chi connectivity index (χ0v) is 17.8. The molecule has 0 radical (unpaired) electrons. The Morgan fingerprint density at radius 3 is 2.56 bits per heavy atom. The van der Waals surface area contributed by atoms with Crippen LogP contribution in [0.4, 0.5) is 13.2 Å². The molecule has 4 heterocycles. The summed E-state index contributed by atoms with van der Waals surface area (Å²) in [6, 6.07) is 6.18. The van der Waals surface area contributed by atoms with Crippen molar-refractivity contribution in [2.45, 2.75) is 50.4 Å². The highest BCUT2D eigenvalue weighted by atomic mass is 19.4. The SMILES string of the molecule is O=C(c1n[nH]c2c1CN(C1COC1)CCC2)N1CCC(c2ccccc2C(F)(F)F)CC1. The Morgan fingerprint density at radius 2 is 1.88 bits per heavy atom. The van der Waals surface area contributed by atoms with Crippen molar-refractivity contribution < 1.29 is 22.7 Å². The first-order chi connectivity index (χ1) is 15.4. The molecule has 0 bridgehead atoms. The van der Waals surface area contributed by atoms with Gasteiger partial charge in [-0.25, -0.2) is 0 Å². The molecule has 1 N–H and O–H groups in total. The molecule has 6 nitrogen and oxygen atoms in total. The molecule has 1 aromatic carbocycles. The van der Waals surface area contributed by atoms with E-state index in [0.717, 1.165) is 49.9 Å². The molecule has 2 saturated heterocycles. The van der Waals surface area contributed by atoms with Crippen LogP contribution < -0.4 is 0 Å². The van der Waals surface area contributed by atoms with Gasteiger partial charge >= 0.3 is 6.18 Å². The molecule has 0 spiro atoms. The second-order valence-electron chi connectivity index (χ2n) is 8.95. The molecule has 172 valence electrons. The first-order valence-corrected chi connectivity index (χ1v) is 11.2. The number of aryl methyl sites for hydroxylation is 1. The molecular formula is C23H27F3N4O2. The maximum absolute atomic E-state index is 13.4. The number of nitrogens with zero attached hydrogens (tertiary/aromatic N) is 3. The number of aromatic amines is 1. The predicted molar refractivity (Wildman–Crippen MR) is 111 cm³/mol. The minimum absolute atomic E-state index is 0.128. The summed E-state index contributed by atoms with van der Waals surface area (Å²) in [5.41, 5.74) is 2.21. The fourth-order valence-electron chi connectivity index (χ4n) is 5.10. The minimum atomic E-state index is -4.37. The smallest absolute Gasteiger partial charge is 0.378 e. The quantitative estimate of drug-likeness (QED) is 0.780. The minimum Gasteiger partial charge on any atom is -0.378 e. The van der Waals surface area contributed by atoms with Crippen LogP contribution >= 0.6 is 0 Å². The Kier molecular flexibility index (Phi) is 5.71. The fourth-order valence-corrected chi connectivity index (χ4v) is 5.10. The van der Waals surface area contributed by atoms with Crippen LogP contribution in [0, 0.1) is 0 Å². The lowest BCUT2D eigenvalue weighted by Crippen LogP contribution is -2.48. The highest BCUT2D eigenvalue weighted by Gasteiger charge is 2.37. The van der Waals surface area contributed by atoms with Crippen molar-refractivity contribution >= 4 is 5.91 Å². The van der Waals surface area contributed by atoms with Crippen LogP contribution in [-0.4, -0.2) is 64.8 Å². The van der Waals surface area contributed by atoms with E-state index < -0.39 is 11.7 Å². The van der Waals surface area contributed by atoms with Gasteiger partial charge < -0.3 is 9.64 Å². The lowest BCUT2D eigenvalue weighted by atomic mass is 9.86. The highest BCUT2D eigenvalue weighted by molar-refractivity contribution is 5.94. The van der Waals surface area contributed by atoms with Crippen LogP contribution in [0.2, 0.25) is 0 Å². The molecule has 0 saturated carbocycles. The van der Waals surface area contributed by atoms with Gasteiger partial charge in [0, 0.05) is 30.9 Å². The summed E-state index contributed by atoms with van der Waals surface area (Å²) >= 11 is 0. The Hall–Kier alpha value is -2.39. The number of likely N-dealkylation sites (tertiary alicyclic amines) is 1. The third kappa shape index (κ3) is 4.03. The number of carbonyl (C=O) groups excluding carboxylic acids is 1. The van der Waals surface area contributed by atoms with Gasteiger partial charge in [-0.05, 0) is 49.8 Å². The zero-order valence-electron chi connectivity index (χ0n) is 17.8. The third-order valence-electron chi connectivity index (χ3n) is 7.01.